The highest BCUT2D eigenvalue weighted by Crippen LogP contribution is 2.34. The second kappa shape index (κ2) is 4.32. The first kappa shape index (κ1) is 10.8. The quantitative estimate of drug-likeness (QED) is 0.650. The van der Waals surface area contributed by atoms with Crippen LogP contribution in [-0.2, 0) is 4.74 Å². The number of nitrogens with two attached hydrogens (primary N) is 1. The van der Waals surface area contributed by atoms with Crippen LogP contribution >= 0.6 is 15.9 Å². The van der Waals surface area contributed by atoms with Gasteiger partial charge in [0.05, 0.1) is 18.7 Å². The van der Waals surface area contributed by atoms with Crippen LogP contribution in [0.1, 0.15) is 10.4 Å². The highest BCUT2D eigenvalue weighted by molar-refractivity contribution is 9.10. The van der Waals surface area contributed by atoms with E-state index in [1.165, 1.54) is 14.2 Å². The van der Waals surface area contributed by atoms with Crippen molar-refractivity contribution in [3.05, 3.63) is 22.2 Å². The number of nitrogen functional groups attached to an aromatic ring is 1. The molecule has 0 amide bonds. The third-order valence-corrected chi connectivity index (χ3v) is 2.55. The fourth-order valence-electron chi connectivity index (χ4n) is 1.04. The molecule has 1 rings (SSSR count). The first-order chi connectivity index (χ1) is 6.61. The zero-order chi connectivity index (χ0) is 10.7. The Labute approximate surface area is 90.1 Å². The van der Waals surface area contributed by atoms with E-state index >= 15 is 0 Å². The van der Waals surface area contributed by atoms with E-state index in [4.69, 9.17) is 10.5 Å². The molecule has 0 fully saturated rings. The lowest BCUT2D eigenvalue weighted by atomic mass is 10.2. The molecule has 0 radical (unpaired) electrons. The summed E-state index contributed by atoms with van der Waals surface area (Å²) in [7, 11) is 2.78. The smallest absolute Gasteiger partial charge is 0.341 e. The maximum absolute atomic E-state index is 11.3. The molecule has 0 unspecified atom stereocenters. The van der Waals surface area contributed by atoms with Gasteiger partial charge in [-0.05, 0) is 28.1 Å². The number of ether oxygens (including phenoxy) is 2. The number of rotatable bonds is 2. The molecule has 4 nitrogen and oxygen atoms in total. The van der Waals surface area contributed by atoms with E-state index in [2.05, 4.69) is 20.7 Å². The third kappa shape index (κ3) is 1.82. The van der Waals surface area contributed by atoms with Gasteiger partial charge in [-0.3, -0.25) is 0 Å². The normalized spacial score (nSPS) is 9.64. The molecule has 0 aromatic heterocycles. The van der Waals surface area contributed by atoms with Gasteiger partial charge in [-0.25, -0.2) is 4.79 Å². The lowest BCUT2D eigenvalue weighted by Gasteiger charge is -2.10. The molecule has 1 aromatic carbocycles. The van der Waals surface area contributed by atoms with Gasteiger partial charge >= 0.3 is 5.97 Å². The van der Waals surface area contributed by atoms with Gasteiger partial charge in [0.15, 0.2) is 0 Å². The Morgan fingerprint density at radius 1 is 1.43 bits per heavy atom. The summed E-state index contributed by atoms with van der Waals surface area (Å²) in [6, 6.07) is 3.17. The summed E-state index contributed by atoms with van der Waals surface area (Å²) in [5, 5.41) is 0. The number of carbonyl (C=O) groups is 1. The molecule has 1 aromatic rings. The Hall–Kier alpha value is -1.23. The van der Waals surface area contributed by atoms with Crippen LogP contribution in [-0.4, -0.2) is 20.2 Å². The monoisotopic (exact) mass is 259 g/mol. The second-order valence-corrected chi connectivity index (χ2v) is 3.33. The van der Waals surface area contributed by atoms with Crippen LogP contribution in [0, 0.1) is 0 Å². The van der Waals surface area contributed by atoms with Crippen LogP contribution in [0.25, 0.3) is 0 Å². The number of hydrogen-bond donors (Lipinski definition) is 1. The van der Waals surface area contributed by atoms with Gasteiger partial charge in [0, 0.05) is 5.69 Å². The van der Waals surface area contributed by atoms with Crippen LogP contribution in [0.2, 0.25) is 0 Å². The van der Waals surface area contributed by atoms with Crippen molar-refractivity contribution < 1.29 is 14.3 Å². The molecule has 0 saturated carbocycles. The Balaban J connectivity index is 3.31. The molecular formula is C9H10BrNO3. The lowest BCUT2D eigenvalue weighted by molar-refractivity contribution is 0.0597. The molecule has 14 heavy (non-hydrogen) atoms. The van der Waals surface area contributed by atoms with Crippen molar-refractivity contribution in [3.63, 3.8) is 0 Å². The van der Waals surface area contributed by atoms with Gasteiger partial charge in [-0.2, -0.15) is 0 Å². The molecule has 0 bridgehead atoms. The molecule has 0 heterocycles. The van der Waals surface area contributed by atoms with Crippen LogP contribution < -0.4 is 10.5 Å². The number of methoxy groups -OCH3 is 2. The highest BCUT2D eigenvalue weighted by Gasteiger charge is 2.16. The van der Waals surface area contributed by atoms with Crippen LogP contribution in [0.5, 0.6) is 5.75 Å². The molecule has 0 aliphatic carbocycles. The van der Waals surface area contributed by atoms with E-state index in [-0.39, 0.29) is 0 Å². The van der Waals surface area contributed by atoms with E-state index in [9.17, 15) is 4.79 Å². The molecular weight excluding hydrogens is 250 g/mol. The minimum Gasteiger partial charge on any atom is -0.495 e. The van der Waals surface area contributed by atoms with Gasteiger partial charge in [-0.15, -0.1) is 0 Å². The molecule has 0 spiro atoms. The average Bonchev–Trinajstić information content (AvgIpc) is 2.20. The largest absolute Gasteiger partial charge is 0.495 e. The fourth-order valence-corrected chi connectivity index (χ4v) is 1.55. The molecule has 0 saturated heterocycles. The third-order valence-electron chi connectivity index (χ3n) is 1.74. The zero-order valence-corrected chi connectivity index (χ0v) is 9.42. The van der Waals surface area contributed by atoms with Crippen LogP contribution in [0.3, 0.4) is 0 Å². The Morgan fingerprint density at radius 2 is 2.07 bits per heavy atom. The van der Waals surface area contributed by atoms with E-state index in [1.807, 2.05) is 0 Å². The number of esters is 1. The average molecular weight is 260 g/mol. The minimum atomic E-state index is -0.456. The lowest BCUT2D eigenvalue weighted by Crippen LogP contribution is -2.05. The van der Waals surface area contributed by atoms with E-state index in [0.717, 1.165) is 0 Å². The van der Waals surface area contributed by atoms with Crippen molar-refractivity contribution in [3.8, 4) is 5.75 Å². The summed E-state index contributed by atoms with van der Waals surface area (Å²) < 4.78 is 10.2. The maximum Gasteiger partial charge on any atom is 0.341 e. The van der Waals surface area contributed by atoms with Crippen LogP contribution in [0.15, 0.2) is 16.6 Å². The number of anilines is 1. The zero-order valence-electron chi connectivity index (χ0n) is 7.83. The predicted octanol–water partition coefficient (Wildman–Crippen LogP) is 1.83. The summed E-state index contributed by atoms with van der Waals surface area (Å²) in [5.74, 6) is -0.0700. The summed E-state index contributed by atoms with van der Waals surface area (Å²) in [5.41, 5.74) is 6.48. The van der Waals surface area contributed by atoms with Crippen molar-refractivity contribution in [2.75, 3.05) is 20.0 Å². The number of carbonyl (C=O) groups excluding carboxylic acids is 1. The van der Waals surface area contributed by atoms with Crippen molar-refractivity contribution in [2.45, 2.75) is 0 Å². The second-order valence-electron chi connectivity index (χ2n) is 2.54. The number of halogens is 1. The maximum atomic E-state index is 11.3. The van der Waals surface area contributed by atoms with Gasteiger partial charge in [-0.1, -0.05) is 0 Å². The van der Waals surface area contributed by atoms with Crippen molar-refractivity contribution in [1.82, 2.24) is 0 Å². The van der Waals surface area contributed by atoms with Gasteiger partial charge in [0.2, 0.25) is 0 Å². The number of hydrogen-bond acceptors (Lipinski definition) is 4. The van der Waals surface area contributed by atoms with Crippen molar-refractivity contribution in [1.29, 1.82) is 0 Å². The summed E-state index contributed by atoms with van der Waals surface area (Å²) in [4.78, 5) is 11.3. The molecule has 0 atom stereocenters. The molecule has 0 aliphatic heterocycles. The molecule has 0 aliphatic rings. The van der Waals surface area contributed by atoms with Crippen molar-refractivity contribution in [2.24, 2.45) is 0 Å². The minimum absolute atomic E-state index is 0.344. The summed E-state index contributed by atoms with van der Waals surface area (Å²) in [6.45, 7) is 0. The first-order valence-electron chi connectivity index (χ1n) is 3.82. The standard InChI is InChI=1S/C9H10BrNO3/c1-13-8-5(9(12)14-2)3-4-6(11)7(8)10/h3-4H,11H2,1-2H3. The van der Waals surface area contributed by atoms with E-state index in [0.29, 0.717) is 21.5 Å². The fraction of sp³-hybridized carbons (Fsp3) is 0.222. The van der Waals surface area contributed by atoms with Gasteiger partial charge in [0.25, 0.3) is 0 Å². The number of benzene rings is 1. The predicted molar refractivity (Wildman–Crippen MR) is 56.4 cm³/mol. The Kier molecular flexibility index (Phi) is 3.35. The Bertz CT molecular complexity index is 365. The molecule has 2 N–H and O–H groups in total. The Morgan fingerprint density at radius 3 is 2.57 bits per heavy atom. The summed E-state index contributed by atoms with van der Waals surface area (Å²) >= 11 is 3.23. The summed E-state index contributed by atoms with van der Waals surface area (Å²) in [6.07, 6.45) is 0. The van der Waals surface area contributed by atoms with Crippen LogP contribution in [0.4, 0.5) is 5.69 Å². The van der Waals surface area contributed by atoms with Crippen molar-refractivity contribution >= 4 is 27.6 Å². The molecule has 5 heteroatoms. The SMILES string of the molecule is COC(=O)c1ccc(N)c(Br)c1OC. The molecule has 76 valence electrons. The first-order valence-corrected chi connectivity index (χ1v) is 4.61. The highest BCUT2D eigenvalue weighted by atomic mass is 79.9. The van der Waals surface area contributed by atoms with E-state index in [1.54, 1.807) is 12.1 Å². The topological polar surface area (TPSA) is 61.5 Å². The van der Waals surface area contributed by atoms with E-state index < -0.39 is 5.97 Å². The van der Waals surface area contributed by atoms with Gasteiger partial charge in [0.1, 0.15) is 11.3 Å². The van der Waals surface area contributed by atoms with Gasteiger partial charge < -0.3 is 15.2 Å².